The molecule has 3 aliphatic carbocycles. The Balaban J connectivity index is 1.60. The Morgan fingerprint density at radius 3 is 2.00 bits per heavy atom. The van der Waals surface area contributed by atoms with Crippen molar-refractivity contribution in [1.82, 2.24) is 0 Å². The van der Waals surface area contributed by atoms with Crippen LogP contribution in [0.15, 0.2) is 0 Å². The second-order valence-corrected chi connectivity index (χ2v) is 7.98. The van der Waals surface area contributed by atoms with Crippen molar-refractivity contribution >= 4 is 5.78 Å². The van der Waals surface area contributed by atoms with Gasteiger partial charge in [-0.3, -0.25) is 4.79 Å². The lowest BCUT2D eigenvalue weighted by Gasteiger charge is -2.59. The van der Waals surface area contributed by atoms with E-state index in [0.29, 0.717) is 5.78 Å². The van der Waals surface area contributed by atoms with Crippen molar-refractivity contribution in [1.29, 1.82) is 0 Å². The van der Waals surface area contributed by atoms with Gasteiger partial charge in [0.2, 0.25) is 0 Å². The summed E-state index contributed by atoms with van der Waals surface area (Å²) in [6.07, 6.45) is 14.0. The minimum Gasteiger partial charge on any atom is -0.298 e. The molecule has 0 unspecified atom stereocenters. The third kappa shape index (κ3) is 2.17. The first kappa shape index (κ1) is 13.6. The molecule has 0 N–H and O–H groups in total. The first-order valence-electron chi connectivity index (χ1n) is 8.65. The average Bonchev–Trinajstić information content (AvgIpc) is 2.43. The Hall–Kier alpha value is -0.330. The molecule has 19 heavy (non-hydrogen) atoms. The van der Waals surface area contributed by atoms with E-state index >= 15 is 0 Å². The summed E-state index contributed by atoms with van der Waals surface area (Å²) in [5.41, 5.74) is 0.314. The normalized spacial score (nSPS) is 46.5. The summed E-state index contributed by atoms with van der Waals surface area (Å²) in [4.78, 5) is 12.9. The molecule has 0 saturated heterocycles. The smallest absolute Gasteiger partial charge is 0.145 e. The van der Waals surface area contributed by atoms with E-state index in [1.54, 1.807) is 0 Å². The van der Waals surface area contributed by atoms with Crippen molar-refractivity contribution in [3.63, 3.8) is 0 Å². The zero-order valence-electron chi connectivity index (χ0n) is 12.8. The van der Waals surface area contributed by atoms with Crippen LogP contribution in [0.3, 0.4) is 0 Å². The molecule has 0 amide bonds. The van der Waals surface area contributed by atoms with Crippen molar-refractivity contribution in [2.24, 2.45) is 22.7 Å². The standard InChI is InChI=1S/C18H30O/c1-3-4-15-7-11-18(12-8-15)13-17(16(18)19)9-5-14(2)6-10-17/h14-15H,3-13H2,1-2H3. The highest BCUT2D eigenvalue weighted by Gasteiger charge is 2.62. The lowest BCUT2D eigenvalue weighted by atomic mass is 9.43. The first-order chi connectivity index (χ1) is 9.10. The third-order valence-electron chi connectivity index (χ3n) is 6.63. The molecule has 3 fully saturated rings. The van der Waals surface area contributed by atoms with Crippen LogP contribution in [0.1, 0.15) is 84.5 Å². The van der Waals surface area contributed by atoms with Crippen molar-refractivity contribution in [2.75, 3.05) is 0 Å². The maximum atomic E-state index is 12.9. The van der Waals surface area contributed by atoms with Crippen molar-refractivity contribution in [3.05, 3.63) is 0 Å². The summed E-state index contributed by atoms with van der Waals surface area (Å²) in [6, 6.07) is 0. The molecule has 3 aliphatic rings. The lowest BCUT2D eigenvalue weighted by molar-refractivity contribution is -0.168. The van der Waals surface area contributed by atoms with Crippen LogP contribution in [0.2, 0.25) is 0 Å². The number of rotatable bonds is 2. The fourth-order valence-electron chi connectivity index (χ4n) is 5.31. The van der Waals surface area contributed by atoms with Gasteiger partial charge >= 0.3 is 0 Å². The highest BCUT2D eigenvalue weighted by atomic mass is 16.1. The van der Waals surface area contributed by atoms with Gasteiger partial charge in [0.1, 0.15) is 5.78 Å². The number of hydrogen-bond donors (Lipinski definition) is 0. The molecule has 3 saturated carbocycles. The van der Waals surface area contributed by atoms with Gasteiger partial charge in [0.25, 0.3) is 0 Å². The summed E-state index contributed by atoms with van der Waals surface area (Å²) in [5.74, 6) is 2.48. The van der Waals surface area contributed by atoms with E-state index in [1.165, 1.54) is 70.6 Å². The number of carbonyl (C=O) groups is 1. The zero-order valence-corrected chi connectivity index (χ0v) is 12.8. The number of ketones is 1. The van der Waals surface area contributed by atoms with Crippen molar-refractivity contribution in [2.45, 2.75) is 84.5 Å². The van der Waals surface area contributed by atoms with E-state index in [9.17, 15) is 4.79 Å². The molecule has 1 nitrogen and oxygen atoms in total. The highest BCUT2D eigenvalue weighted by Crippen LogP contribution is 2.64. The molecule has 0 aromatic rings. The van der Waals surface area contributed by atoms with Crippen LogP contribution in [0.5, 0.6) is 0 Å². The van der Waals surface area contributed by atoms with Crippen LogP contribution < -0.4 is 0 Å². The molecule has 108 valence electrons. The van der Waals surface area contributed by atoms with E-state index in [0.717, 1.165) is 11.8 Å². The van der Waals surface area contributed by atoms with E-state index in [2.05, 4.69) is 13.8 Å². The van der Waals surface area contributed by atoms with Gasteiger partial charge in [-0.15, -0.1) is 0 Å². The molecule has 3 rings (SSSR count). The monoisotopic (exact) mass is 262 g/mol. The number of carbonyl (C=O) groups excluding carboxylic acids is 1. The average molecular weight is 262 g/mol. The van der Waals surface area contributed by atoms with Gasteiger partial charge in [0, 0.05) is 10.8 Å². The second kappa shape index (κ2) is 4.90. The minimum absolute atomic E-state index is 0.157. The van der Waals surface area contributed by atoms with Gasteiger partial charge in [-0.1, -0.05) is 26.7 Å². The predicted octanol–water partition coefficient (Wildman–Crippen LogP) is 5.13. The van der Waals surface area contributed by atoms with E-state index in [-0.39, 0.29) is 10.8 Å². The topological polar surface area (TPSA) is 17.1 Å². The SMILES string of the molecule is CCCC1CCC2(CC1)CC1(CCC(C)CC1)C2=O. The van der Waals surface area contributed by atoms with Crippen LogP contribution in [-0.2, 0) is 4.79 Å². The molecule has 0 aromatic heterocycles. The van der Waals surface area contributed by atoms with Crippen LogP contribution in [0.4, 0.5) is 0 Å². The Bertz CT molecular complexity index is 341. The van der Waals surface area contributed by atoms with Crippen molar-refractivity contribution < 1.29 is 4.79 Å². The van der Waals surface area contributed by atoms with Gasteiger partial charge < -0.3 is 0 Å². The van der Waals surface area contributed by atoms with Crippen LogP contribution in [0, 0.1) is 22.7 Å². The first-order valence-corrected chi connectivity index (χ1v) is 8.65. The summed E-state index contributed by atoms with van der Waals surface area (Å²) in [7, 11) is 0. The molecule has 2 spiro atoms. The molecule has 0 bridgehead atoms. The lowest BCUT2D eigenvalue weighted by Crippen LogP contribution is -2.59. The third-order valence-corrected chi connectivity index (χ3v) is 6.63. The van der Waals surface area contributed by atoms with Crippen molar-refractivity contribution in [3.8, 4) is 0 Å². The molecule has 0 atom stereocenters. The van der Waals surface area contributed by atoms with Gasteiger partial charge in [0.15, 0.2) is 0 Å². The highest BCUT2D eigenvalue weighted by molar-refractivity contribution is 5.96. The van der Waals surface area contributed by atoms with Crippen LogP contribution >= 0.6 is 0 Å². The van der Waals surface area contributed by atoms with Crippen LogP contribution in [0.25, 0.3) is 0 Å². The fraction of sp³-hybridized carbons (Fsp3) is 0.944. The number of Topliss-reactive ketones (excluding diaryl/α,β-unsaturated/α-hetero) is 1. The summed E-state index contributed by atoms with van der Waals surface area (Å²) < 4.78 is 0. The van der Waals surface area contributed by atoms with Gasteiger partial charge in [-0.05, 0) is 69.6 Å². The molecule has 0 radical (unpaired) electrons. The summed E-state index contributed by atoms with van der Waals surface area (Å²) in [6.45, 7) is 4.64. The minimum atomic E-state index is 0.157. The maximum Gasteiger partial charge on any atom is 0.145 e. The van der Waals surface area contributed by atoms with E-state index in [1.807, 2.05) is 0 Å². The van der Waals surface area contributed by atoms with Crippen LogP contribution in [-0.4, -0.2) is 5.78 Å². The molecule has 1 heteroatoms. The maximum absolute atomic E-state index is 12.9. The molecule has 0 aromatic carbocycles. The number of hydrogen-bond acceptors (Lipinski definition) is 1. The van der Waals surface area contributed by atoms with Gasteiger partial charge in [-0.2, -0.15) is 0 Å². The molecule has 0 heterocycles. The molecular weight excluding hydrogens is 232 g/mol. The van der Waals surface area contributed by atoms with Gasteiger partial charge in [0.05, 0.1) is 0 Å². The van der Waals surface area contributed by atoms with E-state index in [4.69, 9.17) is 0 Å². The Kier molecular flexibility index (Phi) is 3.52. The predicted molar refractivity (Wildman–Crippen MR) is 79.0 cm³/mol. The summed E-state index contributed by atoms with van der Waals surface area (Å²) in [5, 5.41) is 0. The summed E-state index contributed by atoms with van der Waals surface area (Å²) >= 11 is 0. The quantitative estimate of drug-likeness (QED) is 0.674. The molecule has 0 aliphatic heterocycles. The largest absolute Gasteiger partial charge is 0.298 e. The Morgan fingerprint density at radius 2 is 1.53 bits per heavy atom. The Labute approximate surface area is 118 Å². The van der Waals surface area contributed by atoms with Gasteiger partial charge in [-0.25, -0.2) is 0 Å². The van der Waals surface area contributed by atoms with E-state index < -0.39 is 0 Å². The second-order valence-electron chi connectivity index (χ2n) is 7.98. The fourth-order valence-corrected chi connectivity index (χ4v) is 5.31. The zero-order chi connectivity index (χ0) is 13.5. The molecular formula is C18H30O. The Morgan fingerprint density at radius 1 is 1.00 bits per heavy atom.